The van der Waals surface area contributed by atoms with Gasteiger partial charge in [-0.05, 0) is 41.6 Å². The molecule has 0 spiro atoms. The summed E-state index contributed by atoms with van der Waals surface area (Å²) in [5, 5.41) is 2.18. The molecule has 114 valence electrons. The summed E-state index contributed by atoms with van der Waals surface area (Å²) in [7, 11) is 0. The number of likely N-dealkylation sites (tertiary alicyclic amines) is 1. The molecule has 5 heteroatoms. The van der Waals surface area contributed by atoms with Crippen LogP contribution in [-0.2, 0) is 17.8 Å². The average molecular weight is 314 g/mol. The van der Waals surface area contributed by atoms with Gasteiger partial charge in [0.2, 0.25) is 5.91 Å². The van der Waals surface area contributed by atoms with Gasteiger partial charge < -0.3 is 9.32 Å². The van der Waals surface area contributed by atoms with Crippen molar-refractivity contribution in [2.75, 3.05) is 19.6 Å². The first-order chi connectivity index (χ1) is 10.8. The second-order valence-corrected chi connectivity index (χ2v) is 6.84. The highest BCUT2D eigenvalue weighted by molar-refractivity contribution is 7.10. The third-order valence-corrected chi connectivity index (χ3v) is 5.48. The van der Waals surface area contributed by atoms with Crippen molar-refractivity contribution >= 4 is 23.3 Å². The maximum atomic E-state index is 12.1. The van der Waals surface area contributed by atoms with E-state index in [0.717, 1.165) is 32.6 Å². The Kier molecular flexibility index (Phi) is 3.60. The molecule has 0 aromatic carbocycles. The Morgan fingerprint density at radius 3 is 3.09 bits per heavy atom. The largest absolute Gasteiger partial charge is 0.465 e. The monoisotopic (exact) mass is 314 g/mol. The molecule has 22 heavy (non-hydrogen) atoms. The number of thiophene rings is 1. The quantitative estimate of drug-likeness (QED) is 0.817. The lowest BCUT2D eigenvalue weighted by molar-refractivity contribution is -0.133. The molecule has 1 saturated heterocycles. The molecule has 1 amide bonds. The van der Waals surface area contributed by atoms with E-state index in [9.17, 15) is 4.79 Å². The highest BCUT2D eigenvalue weighted by Crippen LogP contribution is 2.27. The fourth-order valence-electron chi connectivity index (χ4n) is 3.09. The summed E-state index contributed by atoms with van der Waals surface area (Å²) in [6.07, 6.45) is 6.09. The first-order valence-electron chi connectivity index (χ1n) is 7.59. The zero-order chi connectivity index (χ0) is 14.9. The zero-order valence-corrected chi connectivity index (χ0v) is 13.1. The van der Waals surface area contributed by atoms with E-state index >= 15 is 0 Å². The van der Waals surface area contributed by atoms with E-state index in [2.05, 4.69) is 16.3 Å². The van der Waals surface area contributed by atoms with E-state index in [1.165, 1.54) is 10.4 Å². The number of rotatable bonds is 3. The van der Waals surface area contributed by atoms with Gasteiger partial charge in [-0.15, -0.1) is 11.3 Å². The van der Waals surface area contributed by atoms with Crippen LogP contribution in [0.15, 0.2) is 40.3 Å². The van der Waals surface area contributed by atoms with Crippen LogP contribution in [0.2, 0.25) is 0 Å². The van der Waals surface area contributed by atoms with Crippen LogP contribution in [0, 0.1) is 0 Å². The molecule has 4 rings (SSSR count). The molecule has 0 radical (unpaired) electrons. The minimum absolute atomic E-state index is 0.0703. The highest BCUT2D eigenvalue weighted by Gasteiger charge is 2.35. The molecule has 1 fully saturated rings. The van der Waals surface area contributed by atoms with Gasteiger partial charge in [0.15, 0.2) is 0 Å². The van der Waals surface area contributed by atoms with Crippen LogP contribution in [0.1, 0.15) is 16.2 Å². The first kappa shape index (κ1) is 13.8. The minimum Gasteiger partial charge on any atom is -0.465 e. The van der Waals surface area contributed by atoms with Gasteiger partial charge in [-0.3, -0.25) is 9.69 Å². The topological polar surface area (TPSA) is 36.7 Å². The van der Waals surface area contributed by atoms with Crippen LogP contribution in [0.5, 0.6) is 0 Å². The molecular formula is C17H18N2O2S. The maximum Gasteiger partial charge on any atom is 0.246 e. The highest BCUT2D eigenvalue weighted by atomic mass is 32.1. The Morgan fingerprint density at radius 2 is 2.27 bits per heavy atom. The van der Waals surface area contributed by atoms with Crippen molar-refractivity contribution in [3.63, 3.8) is 0 Å². The third kappa shape index (κ3) is 2.62. The first-order valence-corrected chi connectivity index (χ1v) is 8.47. The van der Waals surface area contributed by atoms with E-state index in [1.807, 2.05) is 28.4 Å². The number of furan rings is 1. The Bertz CT molecular complexity index is 683. The fourth-order valence-corrected chi connectivity index (χ4v) is 3.98. The molecule has 0 saturated carbocycles. The number of amides is 1. The van der Waals surface area contributed by atoms with E-state index in [-0.39, 0.29) is 5.91 Å². The molecule has 0 aliphatic carbocycles. The second-order valence-electron chi connectivity index (χ2n) is 5.84. The average Bonchev–Trinajstić information content (AvgIpc) is 3.14. The molecule has 4 heterocycles. The van der Waals surface area contributed by atoms with Gasteiger partial charge in [0, 0.05) is 43.2 Å². The number of nitrogens with zero attached hydrogens (tertiary/aromatic N) is 2. The van der Waals surface area contributed by atoms with Gasteiger partial charge in [-0.25, -0.2) is 0 Å². The summed E-state index contributed by atoms with van der Waals surface area (Å²) < 4.78 is 5.19. The Labute approximate surface area is 133 Å². The minimum atomic E-state index is 0.0703. The smallest absolute Gasteiger partial charge is 0.246 e. The molecule has 2 aliphatic rings. The van der Waals surface area contributed by atoms with Crippen molar-refractivity contribution in [1.29, 1.82) is 0 Å². The Balaban J connectivity index is 1.30. The number of fused-ring (bicyclic) bond motifs is 1. The van der Waals surface area contributed by atoms with Gasteiger partial charge in [-0.2, -0.15) is 0 Å². The third-order valence-electron chi connectivity index (χ3n) is 4.46. The van der Waals surface area contributed by atoms with Crippen LogP contribution < -0.4 is 0 Å². The van der Waals surface area contributed by atoms with Crippen molar-refractivity contribution in [3.8, 4) is 0 Å². The van der Waals surface area contributed by atoms with Crippen molar-refractivity contribution in [1.82, 2.24) is 9.80 Å². The van der Waals surface area contributed by atoms with Crippen molar-refractivity contribution in [2.45, 2.75) is 19.0 Å². The van der Waals surface area contributed by atoms with Gasteiger partial charge in [0.25, 0.3) is 0 Å². The lowest BCUT2D eigenvalue weighted by Gasteiger charge is -2.46. The second kappa shape index (κ2) is 5.74. The fraction of sp³-hybridized carbons (Fsp3) is 0.353. The van der Waals surface area contributed by atoms with Crippen LogP contribution in [0.25, 0.3) is 6.08 Å². The molecule has 2 aromatic rings. The molecule has 0 bridgehead atoms. The molecule has 0 atom stereocenters. The molecule has 2 aliphatic heterocycles. The Hall–Kier alpha value is -1.85. The van der Waals surface area contributed by atoms with E-state index in [1.54, 1.807) is 18.4 Å². The number of hydrogen-bond donors (Lipinski definition) is 0. The summed E-state index contributed by atoms with van der Waals surface area (Å²) in [6, 6.07) is 6.40. The van der Waals surface area contributed by atoms with Crippen LogP contribution in [-0.4, -0.2) is 41.4 Å². The lowest BCUT2D eigenvalue weighted by Crippen LogP contribution is -2.61. The SMILES string of the molecule is O=C(/C=C/c1ccco1)N1CC(N2CCc3sccc3C2)C1. The molecule has 2 aromatic heterocycles. The molecular weight excluding hydrogens is 296 g/mol. The van der Waals surface area contributed by atoms with Gasteiger partial charge in [-0.1, -0.05) is 0 Å². The number of carbonyl (C=O) groups excluding carboxylic acids is 1. The van der Waals surface area contributed by atoms with Crippen molar-refractivity contribution < 1.29 is 9.21 Å². The molecule has 0 unspecified atom stereocenters. The summed E-state index contributed by atoms with van der Waals surface area (Å²) in [4.78, 5) is 18.0. The van der Waals surface area contributed by atoms with Crippen LogP contribution in [0.4, 0.5) is 0 Å². The normalized spacial score (nSPS) is 19.4. The Morgan fingerprint density at radius 1 is 1.36 bits per heavy atom. The molecule has 4 nitrogen and oxygen atoms in total. The standard InChI is InChI=1S/C17H18N2O2S/c20-17(4-3-15-2-1-8-21-15)19-11-14(12-19)18-7-5-16-13(10-18)6-9-22-16/h1-4,6,8-9,14H,5,7,10-12H2/b4-3+. The summed E-state index contributed by atoms with van der Waals surface area (Å²) >= 11 is 1.87. The summed E-state index contributed by atoms with van der Waals surface area (Å²) in [5.41, 5.74) is 1.47. The molecule has 0 N–H and O–H groups in total. The van der Waals surface area contributed by atoms with Crippen molar-refractivity contribution in [3.05, 3.63) is 52.1 Å². The number of hydrogen-bond acceptors (Lipinski definition) is 4. The summed E-state index contributed by atoms with van der Waals surface area (Å²) in [5.74, 6) is 0.785. The van der Waals surface area contributed by atoms with E-state index in [4.69, 9.17) is 4.42 Å². The summed E-state index contributed by atoms with van der Waals surface area (Å²) in [6.45, 7) is 3.82. The lowest BCUT2D eigenvalue weighted by atomic mass is 10.0. The predicted molar refractivity (Wildman–Crippen MR) is 86.5 cm³/mol. The van der Waals surface area contributed by atoms with E-state index in [0.29, 0.717) is 11.8 Å². The predicted octanol–water partition coefficient (Wildman–Crippen LogP) is 2.62. The van der Waals surface area contributed by atoms with Crippen LogP contribution in [0.3, 0.4) is 0 Å². The van der Waals surface area contributed by atoms with Gasteiger partial charge in [0.05, 0.1) is 6.26 Å². The van der Waals surface area contributed by atoms with E-state index < -0.39 is 0 Å². The van der Waals surface area contributed by atoms with Crippen molar-refractivity contribution in [2.24, 2.45) is 0 Å². The zero-order valence-electron chi connectivity index (χ0n) is 12.3. The number of carbonyl (C=O) groups is 1. The maximum absolute atomic E-state index is 12.1. The van der Waals surface area contributed by atoms with Gasteiger partial charge in [0.1, 0.15) is 5.76 Å². The van der Waals surface area contributed by atoms with Crippen LogP contribution >= 0.6 is 11.3 Å². The van der Waals surface area contributed by atoms with Gasteiger partial charge >= 0.3 is 0 Å².